The van der Waals surface area contributed by atoms with E-state index < -0.39 is 0 Å². The molecule has 1 aliphatic heterocycles. The fourth-order valence-corrected chi connectivity index (χ4v) is 3.35. The van der Waals surface area contributed by atoms with Crippen molar-refractivity contribution in [3.63, 3.8) is 0 Å². The minimum Gasteiger partial charge on any atom is -0.309 e. The van der Waals surface area contributed by atoms with Gasteiger partial charge in [0.1, 0.15) is 0 Å². The largest absolute Gasteiger partial charge is 0.309 e. The summed E-state index contributed by atoms with van der Waals surface area (Å²) in [4.78, 5) is 14.5. The number of hydrogen-bond donors (Lipinski definition) is 2. The van der Waals surface area contributed by atoms with Crippen LogP contribution in [0.2, 0.25) is 5.02 Å². The number of H-pyrrole nitrogens is 1. The molecule has 1 saturated heterocycles. The van der Waals surface area contributed by atoms with Crippen molar-refractivity contribution < 1.29 is 4.79 Å². The lowest BCUT2D eigenvalue weighted by atomic mass is 10.1. The van der Waals surface area contributed by atoms with Crippen LogP contribution in [0.1, 0.15) is 31.2 Å². The Balaban J connectivity index is 1.52. The smallest absolute Gasteiger partial charge is 0.225 e. The first-order valence-electron chi connectivity index (χ1n) is 8.46. The number of carbonyl (C=O) groups is 1. The van der Waals surface area contributed by atoms with Gasteiger partial charge in [-0.05, 0) is 63.5 Å². The lowest BCUT2D eigenvalue weighted by molar-refractivity contribution is -0.116. The molecule has 0 aliphatic carbocycles. The summed E-state index contributed by atoms with van der Waals surface area (Å²) < 4.78 is 0. The maximum Gasteiger partial charge on any atom is 0.225 e. The summed E-state index contributed by atoms with van der Waals surface area (Å²) in [6, 6.07) is 7.57. The van der Waals surface area contributed by atoms with E-state index in [4.69, 9.17) is 11.6 Å². The van der Waals surface area contributed by atoms with Crippen LogP contribution in [0.25, 0.3) is 11.3 Å². The number of aromatic amines is 1. The highest BCUT2D eigenvalue weighted by molar-refractivity contribution is 6.30. The topological polar surface area (TPSA) is 61.0 Å². The summed E-state index contributed by atoms with van der Waals surface area (Å²) in [5, 5.41) is 10.7. The van der Waals surface area contributed by atoms with Crippen LogP contribution >= 0.6 is 11.6 Å². The molecule has 0 saturated carbocycles. The SMILES string of the molecule is Cc1cc(Cl)ccc1-c1cc(NC(=O)CCCN2CCCC2)n[nH]1. The Bertz CT molecular complexity index is 707. The summed E-state index contributed by atoms with van der Waals surface area (Å²) in [6.45, 7) is 5.34. The summed E-state index contributed by atoms with van der Waals surface area (Å²) in [5.41, 5.74) is 2.97. The van der Waals surface area contributed by atoms with E-state index in [9.17, 15) is 4.79 Å². The molecule has 0 atom stereocenters. The monoisotopic (exact) mass is 346 g/mol. The molecule has 0 bridgehead atoms. The molecule has 2 aromatic rings. The van der Waals surface area contributed by atoms with Crippen LogP contribution in [0.5, 0.6) is 0 Å². The van der Waals surface area contributed by atoms with Crippen molar-refractivity contribution in [1.82, 2.24) is 15.1 Å². The van der Waals surface area contributed by atoms with Crippen LogP contribution < -0.4 is 5.32 Å². The van der Waals surface area contributed by atoms with Crippen molar-refractivity contribution in [3.05, 3.63) is 34.9 Å². The highest BCUT2D eigenvalue weighted by Crippen LogP contribution is 2.26. The van der Waals surface area contributed by atoms with Gasteiger partial charge < -0.3 is 10.2 Å². The van der Waals surface area contributed by atoms with Crippen molar-refractivity contribution >= 4 is 23.3 Å². The minimum absolute atomic E-state index is 0.0140. The fraction of sp³-hybridized carbons (Fsp3) is 0.444. The average molecular weight is 347 g/mol. The molecule has 2 heterocycles. The fourth-order valence-electron chi connectivity index (χ4n) is 3.13. The molecule has 1 aliphatic rings. The van der Waals surface area contributed by atoms with Gasteiger partial charge in [0.25, 0.3) is 0 Å². The van der Waals surface area contributed by atoms with Crippen LogP contribution in [0.3, 0.4) is 0 Å². The molecule has 0 radical (unpaired) electrons. The first kappa shape index (κ1) is 17.0. The number of nitrogens with zero attached hydrogens (tertiary/aromatic N) is 2. The number of halogens is 1. The van der Waals surface area contributed by atoms with Crippen LogP contribution in [0, 0.1) is 6.92 Å². The van der Waals surface area contributed by atoms with Gasteiger partial charge in [-0.15, -0.1) is 0 Å². The third kappa shape index (κ3) is 4.36. The number of aryl methyl sites for hydroxylation is 1. The van der Waals surface area contributed by atoms with Crippen molar-refractivity contribution in [2.75, 3.05) is 25.0 Å². The Labute approximate surface area is 147 Å². The van der Waals surface area contributed by atoms with E-state index in [2.05, 4.69) is 20.4 Å². The maximum absolute atomic E-state index is 12.0. The summed E-state index contributed by atoms with van der Waals surface area (Å²) >= 11 is 5.99. The van der Waals surface area contributed by atoms with E-state index in [0.29, 0.717) is 17.3 Å². The van der Waals surface area contributed by atoms with E-state index in [-0.39, 0.29) is 5.91 Å². The van der Waals surface area contributed by atoms with Crippen molar-refractivity contribution in [1.29, 1.82) is 0 Å². The molecule has 5 nitrogen and oxygen atoms in total. The van der Waals surface area contributed by atoms with Crippen LogP contribution in [0.15, 0.2) is 24.3 Å². The maximum atomic E-state index is 12.0. The Hall–Kier alpha value is -1.85. The van der Waals surface area contributed by atoms with Crippen molar-refractivity contribution in [3.8, 4) is 11.3 Å². The molecule has 128 valence electrons. The van der Waals surface area contributed by atoms with Crippen LogP contribution in [0.4, 0.5) is 5.82 Å². The molecular weight excluding hydrogens is 324 g/mol. The second-order valence-electron chi connectivity index (χ2n) is 6.33. The molecule has 1 aromatic carbocycles. The number of rotatable bonds is 6. The van der Waals surface area contributed by atoms with Gasteiger partial charge in [0.2, 0.25) is 5.91 Å². The zero-order valence-corrected chi connectivity index (χ0v) is 14.7. The summed E-state index contributed by atoms with van der Waals surface area (Å²) in [7, 11) is 0. The Morgan fingerprint density at radius 1 is 1.33 bits per heavy atom. The lowest BCUT2D eigenvalue weighted by Gasteiger charge is -2.13. The third-order valence-electron chi connectivity index (χ3n) is 4.40. The van der Waals surface area contributed by atoms with E-state index in [1.165, 1.54) is 25.9 Å². The minimum atomic E-state index is 0.0140. The highest BCUT2D eigenvalue weighted by Gasteiger charge is 2.12. The zero-order valence-electron chi connectivity index (χ0n) is 13.9. The molecule has 1 aromatic heterocycles. The number of aromatic nitrogens is 2. The first-order chi connectivity index (χ1) is 11.6. The summed E-state index contributed by atoms with van der Waals surface area (Å²) in [5.74, 6) is 0.575. The normalized spacial score (nSPS) is 14.9. The number of amides is 1. The van der Waals surface area contributed by atoms with Gasteiger partial charge in [0.15, 0.2) is 5.82 Å². The summed E-state index contributed by atoms with van der Waals surface area (Å²) in [6.07, 6.45) is 3.98. The van der Waals surface area contributed by atoms with Crippen molar-refractivity contribution in [2.24, 2.45) is 0 Å². The Morgan fingerprint density at radius 2 is 2.12 bits per heavy atom. The Kier molecular flexibility index (Phi) is 5.53. The molecule has 1 fully saturated rings. The molecule has 0 spiro atoms. The quantitative estimate of drug-likeness (QED) is 0.835. The van der Waals surface area contributed by atoms with Gasteiger partial charge in [0.05, 0.1) is 5.69 Å². The predicted octanol–water partition coefficient (Wildman–Crippen LogP) is 3.85. The molecule has 6 heteroatoms. The molecule has 24 heavy (non-hydrogen) atoms. The molecule has 2 N–H and O–H groups in total. The molecular formula is C18H23ClN4O. The van der Waals surface area contributed by atoms with Gasteiger partial charge in [-0.2, -0.15) is 5.10 Å². The lowest BCUT2D eigenvalue weighted by Crippen LogP contribution is -2.22. The van der Waals surface area contributed by atoms with Crippen LogP contribution in [-0.4, -0.2) is 40.6 Å². The van der Waals surface area contributed by atoms with E-state index in [1.54, 1.807) is 0 Å². The van der Waals surface area contributed by atoms with E-state index >= 15 is 0 Å². The van der Waals surface area contributed by atoms with Gasteiger partial charge >= 0.3 is 0 Å². The number of benzene rings is 1. The van der Waals surface area contributed by atoms with Crippen molar-refractivity contribution in [2.45, 2.75) is 32.6 Å². The van der Waals surface area contributed by atoms with Gasteiger partial charge in [-0.3, -0.25) is 9.89 Å². The number of nitrogens with one attached hydrogen (secondary N) is 2. The Morgan fingerprint density at radius 3 is 2.88 bits per heavy atom. The van der Waals surface area contributed by atoms with E-state index in [1.807, 2.05) is 31.2 Å². The third-order valence-corrected chi connectivity index (χ3v) is 4.64. The molecule has 0 unspecified atom stereocenters. The van der Waals surface area contributed by atoms with Gasteiger partial charge in [-0.1, -0.05) is 17.7 Å². The number of carbonyl (C=O) groups excluding carboxylic acids is 1. The second kappa shape index (κ2) is 7.81. The van der Waals surface area contributed by atoms with Gasteiger partial charge in [0, 0.05) is 23.1 Å². The highest BCUT2D eigenvalue weighted by atomic mass is 35.5. The molecule has 3 rings (SSSR count). The average Bonchev–Trinajstić information content (AvgIpc) is 3.19. The second-order valence-corrected chi connectivity index (χ2v) is 6.76. The number of likely N-dealkylation sites (tertiary alicyclic amines) is 1. The standard InChI is InChI=1S/C18H23ClN4O/c1-13-11-14(19)6-7-15(13)16-12-17(22-21-16)20-18(24)5-4-10-23-8-2-3-9-23/h6-7,11-12H,2-5,8-10H2,1H3,(H2,20,21,22,24). The predicted molar refractivity (Wildman–Crippen MR) is 97.3 cm³/mol. The van der Waals surface area contributed by atoms with Gasteiger partial charge in [-0.25, -0.2) is 0 Å². The number of anilines is 1. The van der Waals surface area contributed by atoms with E-state index in [0.717, 1.165) is 29.8 Å². The zero-order chi connectivity index (χ0) is 16.9. The number of hydrogen-bond acceptors (Lipinski definition) is 3. The molecule has 1 amide bonds. The first-order valence-corrected chi connectivity index (χ1v) is 8.84. The van der Waals surface area contributed by atoms with Crippen LogP contribution in [-0.2, 0) is 4.79 Å².